The van der Waals surface area contributed by atoms with Gasteiger partial charge >= 0.3 is 0 Å². The van der Waals surface area contributed by atoms with E-state index in [0.29, 0.717) is 17.4 Å². The molecule has 0 aliphatic heterocycles. The monoisotopic (exact) mass is 269 g/mol. The summed E-state index contributed by atoms with van der Waals surface area (Å²) in [5, 5.41) is 2.79. The van der Waals surface area contributed by atoms with Crippen molar-refractivity contribution in [2.45, 2.75) is 37.8 Å². The van der Waals surface area contributed by atoms with Gasteiger partial charge in [-0.15, -0.1) is 0 Å². The van der Waals surface area contributed by atoms with Crippen LogP contribution in [0.3, 0.4) is 0 Å². The van der Waals surface area contributed by atoms with Gasteiger partial charge < -0.3 is 5.32 Å². The maximum atomic E-state index is 12.3. The molecule has 4 heteroatoms. The van der Waals surface area contributed by atoms with Gasteiger partial charge in [0.2, 0.25) is 0 Å². The SMILES string of the molecule is Cc1ccc(S(=O)(=O)C(C)CNCC(C)C)cc1. The molecule has 1 N–H and O–H groups in total. The zero-order chi connectivity index (χ0) is 13.8. The van der Waals surface area contributed by atoms with Crippen LogP contribution in [0.5, 0.6) is 0 Å². The van der Waals surface area contributed by atoms with Gasteiger partial charge in [0.1, 0.15) is 0 Å². The highest BCUT2D eigenvalue weighted by atomic mass is 32.2. The lowest BCUT2D eigenvalue weighted by molar-refractivity contribution is 0.535. The van der Waals surface area contributed by atoms with Gasteiger partial charge in [-0.25, -0.2) is 8.42 Å². The molecule has 0 spiro atoms. The third-order valence-corrected chi connectivity index (χ3v) is 5.02. The smallest absolute Gasteiger partial charge is 0.182 e. The summed E-state index contributed by atoms with van der Waals surface area (Å²) < 4.78 is 24.6. The molecule has 102 valence electrons. The van der Waals surface area contributed by atoms with E-state index in [0.717, 1.165) is 12.1 Å². The molecule has 3 nitrogen and oxygen atoms in total. The summed E-state index contributed by atoms with van der Waals surface area (Å²) in [5.74, 6) is 0.527. The first kappa shape index (κ1) is 15.2. The van der Waals surface area contributed by atoms with E-state index in [9.17, 15) is 8.42 Å². The lowest BCUT2D eigenvalue weighted by Crippen LogP contribution is -2.33. The average Bonchev–Trinajstić information content (AvgIpc) is 2.28. The van der Waals surface area contributed by atoms with Gasteiger partial charge in [0.15, 0.2) is 9.84 Å². The second-order valence-corrected chi connectivity index (χ2v) is 7.59. The second kappa shape index (κ2) is 6.34. The minimum absolute atomic E-state index is 0.404. The molecule has 0 aromatic heterocycles. The fourth-order valence-electron chi connectivity index (χ4n) is 1.65. The number of benzene rings is 1. The van der Waals surface area contributed by atoms with Gasteiger partial charge in [-0.1, -0.05) is 31.5 Å². The summed E-state index contributed by atoms with van der Waals surface area (Å²) in [6.45, 7) is 9.24. The van der Waals surface area contributed by atoms with E-state index in [1.807, 2.05) is 19.1 Å². The van der Waals surface area contributed by atoms with Crippen LogP contribution in [0.4, 0.5) is 0 Å². The third-order valence-electron chi connectivity index (χ3n) is 2.86. The van der Waals surface area contributed by atoms with Gasteiger partial charge in [-0.05, 0) is 38.4 Å². The van der Waals surface area contributed by atoms with Crippen LogP contribution in [-0.2, 0) is 9.84 Å². The predicted molar refractivity (Wildman–Crippen MR) is 75.5 cm³/mol. The molecular formula is C14H23NO2S. The standard InChI is InChI=1S/C14H23NO2S/c1-11(2)9-15-10-13(4)18(16,17)14-7-5-12(3)6-8-14/h5-8,11,13,15H,9-10H2,1-4H3. The number of rotatable bonds is 6. The molecule has 1 rings (SSSR count). The van der Waals surface area contributed by atoms with Crippen LogP contribution in [0, 0.1) is 12.8 Å². The number of hydrogen-bond acceptors (Lipinski definition) is 3. The Balaban J connectivity index is 2.71. The summed E-state index contributed by atoms with van der Waals surface area (Å²) in [4.78, 5) is 0.409. The molecule has 1 unspecified atom stereocenters. The fourth-order valence-corrected chi connectivity index (χ4v) is 2.96. The molecule has 18 heavy (non-hydrogen) atoms. The van der Waals surface area contributed by atoms with Crippen LogP contribution in [-0.4, -0.2) is 26.8 Å². The van der Waals surface area contributed by atoms with Crippen molar-refractivity contribution in [1.29, 1.82) is 0 Å². The van der Waals surface area contributed by atoms with Crippen molar-refractivity contribution in [2.24, 2.45) is 5.92 Å². The maximum absolute atomic E-state index is 12.3. The molecule has 0 bridgehead atoms. The molecule has 0 aliphatic rings. The zero-order valence-electron chi connectivity index (χ0n) is 11.6. The second-order valence-electron chi connectivity index (χ2n) is 5.22. The molecule has 0 saturated heterocycles. The fraction of sp³-hybridized carbons (Fsp3) is 0.571. The minimum atomic E-state index is -3.22. The van der Waals surface area contributed by atoms with Crippen molar-refractivity contribution in [2.75, 3.05) is 13.1 Å². The maximum Gasteiger partial charge on any atom is 0.182 e. The van der Waals surface area contributed by atoms with Crippen LogP contribution in [0.2, 0.25) is 0 Å². The summed E-state index contributed by atoms with van der Waals surface area (Å²) in [6, 6.07) is 7.04. The van der Waals surface area contributed by atoms with Gasteiger partial charge in [0.05, 0.1) is 10.1 Å². The molecule has 0 aliphatic carbocycles. The van der Waals surface area contributed by atoms with Crippen molar-refractivity contribution in [3.05, 3.63) is 29.8 Å². The van der Waals surface area contributed by atoms with Crippen LogP contribution in [0.1, 0.15) is 26.3 Å². The first-order valence-corrected chi connectivity index (χ1v) is 7.90. The van der Waals surface area contributed by atoms with E-state index in [1.54, 1.807) is 19.1 Å². The molecule has 0 heterocycles. The Morgan fingerprint density at radius 2 is 1.61 bits per heavy atom. The molecule has 0 radical (unpaired) electrons. The third kappa shape index (κ3) is 4.10. The largest absolute Gasteiger partial charge is 0.315 e. The molecule has 0 amide bonds. The van der Waals surface area contributed by atoms with Crippen molar-refractivity contribution in [3.8, 4) is 0 Å². The Kier molecular flexibility index (Phi) is 5.35. The van der Waals surface area contributed by atoms with E-state index in [4.69, 9.17) is 0 Å². The van der Waals surface area contributed by atoms with Gasteiger partial charge in [-0.2, -0.15) is 0 Å². The lowest BCUT2D eigenvalue weighted by Gasteiger charge is -2.15. The summed E-state index contributed by atoms with van der Waals surface area (Å²) >= 11 is 0. The molecule has 1 atom stereocenters. The Morgan fingerprint density at radius 1 is 1.06 bits per heavy atom. The topological polar surface area (TPSA) is 46.2 Å². The van der Waals surface area contributed by atoms with E-state index >= 15 is 0 Å². The quantitative estimate of drug-likeness (QED) is 0.862. The highest BCUT2D eigenvalue weighted by molar-refractivity contribution is 7.92. The van der Waals surface area contributed by atoms with E-state index in [-0.39, 0.29) is 0 Å². The van der Waals surface area contributed by atoms with Crippen LogP contribution < -0.4 is 5.32 Å². The Morgan fingerprint density at radius 3 is 2.11 bits per heavy atom. The lowest BCUT2D eigenvalue weighted by atomic mass is 10.2. The van der Waals surface area contributed by atoms with E-state index in [2.05, 4.69) is 19.2 Å². The first-order chi connectivity index (χ1) is 8.34. The van der Waals surface area contributed by atoms with Crippen molar-refractivity contribution in [1.82, 2.24) is 5.32 Å². The van der Waals surface area contributed by atoms with Crippen LogP contribution in [0.25, 0.3) is 0 Å². The predicted octanol–water partition coefficient (Wildman–Crippen LogP) is 2.40. The van der Waals surface area contributed by atoms with Crippen molar-refractivity contribution >= 4 is 9.84 Å². The summed E-state index contributed by atoms with van der Waals surface area (Å²) in [5.41, 5.74) is 1.07. The molecular weight excluding hydrogens is 246 g/mol. The molecule has 0 fully saturated rings. The van der Waals surface area contributed by atoms with E-state index < -0.39 is 15.1 Å². The number of aryl methyl sites for hydroxylation is 1. The van der Waals surface area contributed by atoms with Gasteiger partial charge in [0, 0.05) is 6.54 Å². The number of nitrogens with one attached hydrogen (secondary N) is 1. The van der Waals surface area contributed by atoms with Gasteiger partial charge in [-0.3, -0.25) is 0 Å². The number of sulfone groups is 1. The summed E-state index contributed by atoms with van der Waals surface area (Å²) in [7, 11) is -3.22. The normalized spacial score (nSPS) is 13.8. The Bertz CT molecular complexity index is 463. The average molecular weight is 269 g/mol. The van der Waals surface area contributed by atoms with Gasteiger partial charge in [0.25, 0.3) is 0 Å². The molecule has 0 saturated carbocycles. The highest BCUT2D eigenvalue weighted by Gasteiger charge is 2.22. The first-order valence-electron chi connectivity index (χ1n) is 6.35. The molecule has 1 aromatic rings. The van der Waals surface area contributed by atoms with Crippen LogP contribution >= 0.6 is 0 Å². The summed E-state index contributed by atoms with van der Waals surface area (Å²) in [6.07, 6.45) is 0. The highest BCUT2D eigenvalue weighted by Crippen LogP contribution is 2.16. The Hall–Kier alpha value is -0.870. The minimum Gasteiger partial charge on any atom is -0.315 e. The Labute approximate surface area is 111 Å². The van der Waals surface area contributed by atoms with Crippen molar-refractivity contribution < 1.29 is 8.42 Å². The molecule has 1 aromatic carbocycles. The zero-order valence-corrected chi connectivity index (χ0v) is 12.4. The van der Waals surface area contributed by atoms with Crippen molar-refractivity contribution in [3.63, 3.8) is 0 Å². The van der Waals surface area contributed by atoms with Crippen LogP contribution in [0.15, 0.2) is 29.2 Å². The van der Waals surface area contributed by atoms with E-state index in [1.165, 1.54) is 0 Å². The number of hydrogen-bond donors (Lipinski definition) is 1.